The van der Waals surface area contributed by atoms with E-state index in [4.69, 9.17) is 4.74 Å². The van der Waals surface area contributed by atoms with Crippen molar-refractivity contribution in [1.29, 1.82) is 0 Å². The van der Waals surface area contributed by atoms with Crippen LogP contribution in [0, 0.1) is 0 Å². The van der Waals surface area contributed by atoms with Gasteiger partial charge in [-0.15, -0.1) is 0 Å². The van der Waals surface area contributed by atoms with Crippen molar-refractivity contribution in [3.63, 3.8) is 0 Å². The minimum absolute atomic E-state index is 0.0151. The molecule has 0 radical (unpaired) electrons. The van der Waals surface area contributed by atoms with Crippen molar-refractivity contribution in [3.05, 3.63) is 12.2 Å². The molecule has 0 fully saturated rings. The van der Waals surface area contributed by atoms with Gasteiger partial charge in [-0.2, -0.15) is 0 Å². The van der Waals surface area contributed by atoms with E-state index in [0.717, 1.165) is 57.8 Å². The molecule has 0 saturated heterocycles. The number of rotatable bonds is 56. The lowest BCUT2D eigenvalue weighted by atomic mass is 10.0. The van der Waals surface area contributed by atoms with Crippen LogP contribution in [0.2, 0.25) is 0 Å². The Hall–Kier alpha value is -1.40. The third-order valence-corrected chi connectivity index (χ3v) is 14.1. The zero-order chi connectivity index (χ0) is 47.9. The zero-order valence-electron chi connectivity index (χ0n) is 44.7. The second kappa shape index (κ2) is 56.2. The van der Waals surface area contributed by atoms with Crippen molar-refractivity contribution in [2.45, 2.75) is 347 Å². The van der Waals surface area contributed by atoms with Crippen LogP contribution in [0.1, 0.15) is 335 Å². The van der Waals surface area contributed by atoms with Crippen LogP contribution in [0.5, 0.6) is 0 Å². The first-order valence-electron chi connectivity index (χ1n) is 30.0. The highest BCUT2D eigenvalue weighted by molar-refractivity contribution is 5.76. The normalized spacial score (nSPS) is 12.6. The molecule has 0 aromatic rings. The molecule has 0 bridgehead atoms. The van der Waals surface area contributed by atoms with E-state index >= 15 is 0 Å². The number of amides is 1. The van der Waals surface area contributed by atoms with E-state index in [1.54, 1.807) is 6.08 Å². The predicted molar refractivity (Wildman–Crippen MR) is 287 cm³/mol. The van der Waals surface area contributed by atoms with Crippen LogP contribution in [0.4, 0.5) is 0 Å². The number of ether oxygens (including phenoxy) is 1. The van der Waals surface area contributed by atoms with Gasteiger partial charge in [-0.05, 0) is 32.1 Å². The second-order valence-electron chi connectivity index (χ2n) is 20.7. The fourth-order valence-electron chi connectivity index (χ4n) is 9.46. The number of nitrogens with one attached hydrogen (secondary N) is 1. The Kier molecular flexibility index (Phi) is 55.0. The molecule has 2 unspecified atom stereocenters. The highest BCUT2D eigenvalue weighted by Crippen LogP contribution is 2.18. The summed E-state index contributed by atoms with van der Waals surface area (Å²) in [5.74, 6) is -0.102. The Morgan fingerprint density at radius 2 is 0.697 bits per heavy atom. The summed E-state index contributed by atoms with van der Waals surface area (Å²) < 4.78 is 5.48. The minimum Gasteiger partial charge on any atom is -0.466 e. The number of hydrogen-bond donors (Lipinski definition) is 3. The molecule has 0 aliphatic rings. The maximum atomic E-state index is 12.5. The van der Waals surface area contributed by atoms with Crippen LogP contribution < -0.4 is 5.32 Å². The summed E-state index contributed by atoms with van der Waals surface area (Å²) in [5, 5.41) is 23.2. The highest BCUT2D eigenvalue weighted by atomic mass is 16.5. The van der Waals surface area contributed by atoms with Gasteiger partial charge < -0.3 is 20.3 Å². The topological polar surface area (TPSA) is 95.9 Å². The van der Waals surface area contributed by atoms with Gasteiger partial charge in [0.2, 0.25) is 5.91 Å². The molecule has 0 saturated carbocycles. The first kappa shape index (κ1) is 64.6. The molecule has 0 aromatic carbocycles. The first-order valence-corrected chi connectivity index (χ1v) is 30.0. The van der Waals surface area contributed by atoms with Crippen molar-refractivity contribution in [2.75, 3.05) is 13.2 Å². The average molecular weight is 933 g/mol. The summed E-state index contributed by atoms with van der Waals surface area (Å²) in [6.07, 6.45) is 66.6. The van der Waals surface area contributed by atoms with Gasteiger partial charge in [0.05, 0.1) is 25.4 Å². The van der Waals surface area contributed by atoms with Crippen molar-refractivity contribution < 1.29 is 24.5 Å². The van der Waals surface area contributed by atoms with Gasteiger partial charge >= 0.3 is 5.97 Å². The standard InChI is InChI=1S/C60H117NO5/c1-3-5-7-9-11-13-15-17-19-21-23-25-26-28-30-32-36-40-44-48-52-58(63)57(56-62)61-59(64)53-49-45-41-37-34-35-39-43-47-51-55-66-60(65)54-50-46-42-38-33-31-29-27-24-22-20-18-16-14-12-10-8-6-4-2/h48,52,57-58,62-63H,3-47,49-51,53-56H2,1-2H3,(H,61,64)/b52-48+. The minimum atomic E-state index is -0.859. The maximum Gasteiger partial charge on any atom is 0.305 e. The number of carbonyl (C=O) groups is 2. The van der Waals surface area contributed by atoms with Crippen molar-refractivity contribution in [2.24, 2.45) is 0 Å². The van der Waals surface area contributed by atoms with Gasteiger partial charge in [0.15, 0.2) is 0 Å². The quantitative estimate of drug-likeness (QED) is 0.0321. The molecule has 0 aliphatic heterocycles. The van der Waals surface area contributed by atoms with Crippen LogP contribution in [0.3, 0.4) is 0 Å². The Morgan fingerprint density at radius 1 is 0.409 bits per heavy atom. The van der Waals surface area contributed by atoms with E-state index < -0.39 is 12.1 Å². The molecule has 6 heteroatoms. The number of esters is 1. The third-order valence-electron chi connectivity index (χ3n) is 14.1. The molecule has 6 nitrogen and oxygen atoms in total. The van der Waals surface area contributed by atoms with E-state index in [2.05, 4.69) is 19.2 Å². The summed E-state index contributed by atoms with van der Waals surface area (Å²) in [6, 6.07) is -0.644. The van der Waals surface area contributed by atoms with E-state index in [0.29, 0.717) is 19.4 Å². The lowest BCUT2D eigenvalue weighted by Crippen LogP contribution is -2.45. The van der Waals surface area contributed by atoms with Crippen LogP contribution in [-0.4, -0.2) is 47.4 Å². The van der Waals surface area contributed by atoms with Gasteiger partial charge in [-0.3, -0.25) is 9.59 Å². The van der Waals surface area contributed by atoms with Gasteiger partial charge in [0, 0.05) is 12.8 Å². The third kappa shape index (κ3) is 52.0. The average Bonchev–Trinajstić information content (AvgIpc) is 3.32. The van der Waals surface area contributed by atoms with E-state index in [1.807, 2.05) is 6.08 Å². The number of aliphatic hydroxyl groups is 2. The first-order chi connectivity index (χ1) is 32.5. The summed E-state index contributed by atoms with van der Waals surface area (Å²) in [5.41, 5.74) is 0. The molecule has 392 valence electrons. The molecule has 0 aliphatic carbocycles. The van der Waals surface area contributed by atoms with Crippen molar-refractivity contribution in [3.8, 4) is 0 Å². The fourth-order valence-corrected chi connectivity index (χ4v) is 9.46. The lowest BCUT2D eigenvalue weighted by molar-refractivity contribution is -0.143. The zero-order valence-corrected chi connectivity index (χ0v) is 44.7. The molecule has 0 rings (SSSR count). The number of allylic oxidation sites excluding steroid dienone is 1. The number of carbonyl (C=O) groups excluding carboxylic acids is 2. The molecule has 1 amide bonds. The fraction of sp³-hybridized carbons (Fsp3) is 0.933. The van der Waals surface area contributed by atoms with Crippen LogP contribution in [0.15, 0.2) is 12.2 Å². The van der Waals surface area contributed by atoms with E-state index in [9.17, 15) is 19.8 Å². The Morgan fingerprint density at radius 3 is 1.03 bits per heavy atom. The highest BCUT2D eigenvalue weighted by Gasteiger charge is 2.18. The largest absolute Gasteiger partial charge is 0.466 e. The molecular weight excluding hydrogens is 815 g/mol. The molecule has 2 atom stereocenters. The van der Waals surface area contributed by atoms with E-state index in [-0.39, 0.29) is 18.5 Å². The summed E-state index contributed by atoms with van der Waals surface area (Å²) in [7, 11) is 0. The Bertz CT molecular complexity index is 986. The molecule has 3 N–H and O–H groups in total. The lowest BCUT2D eigenvalue weighted by Gasteiger charge is -2.20. The Labute approximate surface area is 412 Å². The van der Waals surface area contributed by atoms with Crippen LogP contribution >= 0.6 is 0 Å². The van der Waals surface area contributed by atoms with Gasteiger partial charge in [-0.25, -0.2) is 0 Å². The van der Waals surface area contributed by atoms with Crippen molar-refractivity contribution >= 4 is 11.9 Å². The molecular formula is C60H117NO5. The van der Waals surface area contributed by atoms with Crippen LogP contribution in [-0.2, 0) is 14.3 Å². The van der Waals surface area contributed by atoms with Gasteiger partial charge in [-0.1, -0.05) is 302 Å². The van der Waals surface area contributed by atoms with Gasteiger partial charge in [0.1, 0.15) is 0 Å². The van der Waals surface area contributed by atoms with Crippen molar-refractivity contribution in [1.82, 2.24) is 5.32 Å². The van der Waals surface area contributed by atoms with E-state index in [1.165, 1.54) is 250 Å². The van der Waals surface area contributed by atoms with Gasteiger partial charge in [0.25, 0.3) is 0 Å². The number of unbranched alkanes of at least 4 members (excludes halogenated alkanes) is 45. The van der Waals surface area contributed by atoms with Crippen LogP contribution in [0.25, 0.3) is 0 Å². The second-order valence-corrected chi connectivity index (χ2v) is 20.7. The number of aliphatic hydroxyl groups excluding tert-OH is 2. The summed E-state index contributed by atoms with van der Waals surface area (Å²) in [6.45, 7) is 4.89. The monoisotopic (exact) mass is 932 g/mol. The molecule has 0 spiro atoms. The number of hydrogen-bond acceptors (Lipinski definition) is 5. The summed E-state index contributed by atoms with van der Waals surface area (Å²) >= 11 is 0. The molecule has 0 aromatic heterocycles. The summed E-state index contributed by atoms with van der Waals surface area (Å²) in [4.78, 5) is 24.6. The SMILES string of the molecule is CCCCCCCCCCCCCCCCCCCC/C=C/C(O)C(CO)NC(=O)CCCCCCCCCCCCOC(=O)CCCCCCCCCCCCCCCCCCCCC. The molecule has 0 heterocycles. The molecule has 66 heavy (non-hydrogen) atoms. The maximum absolute atomic E-state index is 12.5. The smallest absolute Gasteiger partial charge is 0.305 e. The Balaban J connectivity index is 3.47. The predicted octanol–water partition coefficient (Wildman–Crippen LogP) is 18.5.